The topological polar surface area (TPSA) is 49.4 Å². The summed E-state index contributed by atoms with van der Waals surface area (Å²) in [4.78, 5) is 26.5. The molecule has 1 heterocycles. The van der Waals surface area contributed by atoms with Crippen molar-refractivity contribution in [2.45, 2.75) is 51.4 Å². The van der Waals surface area contributed by atoms with Gasteiger partial charge in [-0.15, -0.1) is 0 Å². The third kappa shape index (κ3) is 5.29. The van der Waals surface area contributed by atoms with E-state index in [-0.39, 0.29) is 23.5 Å². The number of nitrogens with zero attached hydrogens (tertiary/aromatic N) is 1. The molecule has 1 aromatic carbocycles. The van der Waals surface area contributed by atoms with E-state index >= 15 is 0 Å². The molecule has 1 N–H and O–H groups in total. The van der Waals surface area contributed by atoms with E-state index in [9.17, 15) is 14.0 Å². The first-order valence-electron chi connectivity index (χ1n) is 9.92. The number of carbonyl (C=O) groups is 2. The van der Waals surface area contributed by atoms with Crippen molar-refractivity contribution < 1.29 is 14.0 Å². The SMILES string of the molecule is O=C(NCC1CCCCC1)C1CCC(=O)N(CCc2cccc(F)c2)C1. The van der Waals surface area contributed by atoms with Crippen molar-refractivity contribution in [2.75, 3.05) is 19.6 Å². The number of benzene rings is 1. The van der Waals surface area contributed by atoms with Gasteiger partial charge in [0.2, 0.25) is 11.8 Å². The van der Waals surface area contributed by atoms with Crippen LogP contribution in [0.5, 0.6) is 0 Å². The number of nitrogens with one attached hydrogen (secondary N) is 1. The highest BCUT2D eigenvalue weighted by atomic mass is 19.1. The molecule has 1 atom stereocenters. The molecule has 0 aromatic heterocycles. The molecule has 2 fully saturated rings. The fourth-order valence-electron chi connectivity index (χ4n) is 4.08. The molecule has 0 spiro atoms. The molecule has 3 rings (SSSR count). The Morgan fingerprint density at radius 3 is 2.77 bits per heavy atom. The Bertz CT molecular complexity index is 628. The van der Waals surface area contributed by atoms with Crippen LogP contribution in [0.3, 0.4) is 0 Å². The molecule has 4 nitrogen and oxygen atoms in total. The van der Waals surface area contributed by atoms with Gasteiger partial charge in [-0.05, 0) is 49.3 Å². The minimum atomic E-state index is -0.257. The third-order valence-corrected chi connectivity index (χ3v) is 5.72. The summed E-state index contributed by atoms with van der Waals surface area (Å²) in [5, 5.41) is 3.11. The standard InChI is InChI=1S/C21H29FN2O2/c22-19-8-4-7-16(13-19)11-12-24-15-18(9-10-20(24)25)21(26)23-14-17-5-2-1-3-6-17/h4,7-8,13,17-18H,1-3,5-6,9-12,14-15H2,(H,23,26). The van der Waals surface area contributed by atoms with Crippen LogP contribution in [0.2, 0.25) is 0 Å². The average Bonchev–Trinajstić information content (AvgIpc) is 2.66. The minimum absolute atomic E-state index is 0.0822. The average molecular weight is 360 g/mol. The molecule has 1 saturated heterocycles. The summed E-state index contributed by atoms with van der Waals surface area (Å²) in [6, 6.07) is 6.47. The zero-order valence-corrected chi connectivity index (χ0v) is 15.4. The van der Waals surface area contributed by atoms with Crippen LogP contribution in [0, 0.1) is 17.7 Å². The van der Waals surface area contributed by atoms with Crippen LogP contribution in [0.25, 0.3) is 0 Å². The second-order valence-corrected chi connectivity index (χ2v) is 7.70. The maximum atomic E-state index is 13.3. The number of piperidine rings is 1. The molecule has 0 radical (unpaired) electrons. The van der Waals surface area contributed by atoms with Gasteiger partial charge < -0.3 is 10.2 Å². The van der Waals surface area contributed by atoms with Crippen molar-refractivity contribution in [1.82, 2.24) is 10.2 Å². The van der Waals surface area contributed by atoms with E-state index in [0.29, 0.717) is 38.3 Å². The minimum Gasteiger partial charge on any atom is -0.356 e. The van der Waals surface area contributed by atoms with Gasteiger partial charge in [0.15, 0.2) is 0 Å². The molecular weight excluding hydrogens is 331 g/mol. The van der Waals surface area contributed by atoms with E-state index in [1.54, 1.807) is 11.0 Å². The predicted octanol–water partition coefficient (Wildman–Crippen LogP) is 3.30. The number of rotatable bonds is 6. The first-order valence-corrected chi connectivity index (χ1v) is 9.92. The van der Waals surface area contributed by atoms with Gasteiger partial charge >= 0.3 is 0 Å². The Labute approximate surface area is 155 Å². The molecular formula is C21H29FN2O2. The van der Waals surface area contributed by atoms with E-state index in [2.05, 4.69) is 5.32 Å². The number of amides is 2. The molecule has 1 saturated carbocycles. The summed E-state index contributed by atoms with van der Waals surface area (Å²) in [5.41, 5.74) is 0.877. The van der Waals surface area contributed by atoms with E-state index in [1.807, 2.05) is 6.07 Å². The molecule has 1 aromatic rings. The maximum absolute atomic E-state index is 13.3. The number of likely N-dealkylation sites (tertiary alicyclic amines) is 1. The van der Waals surface area contributed by atoms with Crippen LogP contribution in [-0.2, 0) is 16.0 Å². The number of hydrogen-bond acceptors (Lipinski definition) is 2. The molecule has 142 valence electrons. The van der Waals surface area contributed by atoms with Crippen LogP contribution in [0.1, 0.15) is 50.5 Å². The normalized spacial score (nSPS) is 21.7. The van der Waals surface area contributed by atoms with Gasteiger partial charge in [0, 0.05) is 26.1 Å². The van der Waals surface area contributed by atoms with Crippen LogP contribution >= 0.6 is 0 Å². The highest BCUT2D eigenvalue weighted by Crippen LogP contribution is 2.23. The molecule has 0 bridgehead atoms. The Morgan fingerprint density at radius 1 is 1.19 bits per heavy atom. The van der Waals surface area contributed by atoms with Crippen molar-refractivity contribution in [3.05, 3.63) is 35.6 Å². The van der Waals surface area contributed by atoms with Gasteiger partial charge in [-0.25, -0.2) is 4.39 Å². The van der Waals surface area contributed by atoms with Crippen molar-refractivity contribution in [3.63, 3.8) is 0 Å². The summed E-state index contributed by atoms with van der Waals surface area (Å²) < 4.78 is 13.3. The van der Waals surface area contributed by atoms with Crippen LogP contribution < -0.4 is 5.32 Å². The van der Waals surface area contributed by atoms with Crippen molar-refractivity contribution in [3.8, 4) is 0 Å². The van der Waals surface area contributed by atoms with E-state index in [1.165, 1.54) is 44.2 Å². The van der Waals surface area contributed by atoms with Crippen molar-refractivity contribution in [1.29, 1.82) is 0 Å². The van der Waals surface area contributed by atoms with Gasteiger partial charge in [-0.3, -0.25) is 9.59 Å². The summed E-state index contributed by atoms with van der Waals surface area (Å²) in [5.74, 6) is 0.412. The van der Waals surface area contributed by atoms with E-state index in [0.717, 1.165) is 12.1 Å². The number of halogens is 1. The molecule has 5 heteroatoms. The first kappa shape index (κ1) is 18.9. The lowest BCUT2D eigenvalue weighted by Crippen LogP contribution is -2.47. The summed E-state index contributed by atoms with van der Waals surface area (Å²) in [6.07, 6.45) is 7.94. The van der Waals surface area contributed by atoms with Gasteiger partial charge in [0.05, 0.1) is 5.92 Å². The zero-order valence-electron chi connectivity index (χ0n) is 15.4. The van der Waals surface area contributed by atoms with Gasteiger partial charge in [0.25, 0.3) is 0 Å². The highest BCUT2D eigenvalue weighted by Gasteiger charge is 2.30. The summed E-state index contributed by atoms with van der Waals surface area (Å²) >= 11 is 0. The lowest BCUT2D eigenvalue weighted by molar-refractivity contribution is -0.138. The molecule has 1 aliphatic heterocycles. The van der Waals surface area contributed by atoms with Gasteiger partial charge in [0.1, 0.15) is 5.82 Å². The Balaban J connectivity index is 1.47. The Morgan fingerprint density at radius 2 is 2.00 bits per heavy atom. The molecule has 1 aliphatic carbocycles. The summed E-state index contributed by atoms with van der Waals surface area (Å²) in [6.45, 7) is 1.78. The third-order valence-electron chi connectivity index (χ3n) is 5.72. The molecule has 1 unspecified atom stereocenters. The number of carbonyl (C=O) groups excluding carboxylic acids is 2. The second kappa shape index (κ2) is 9.15. The highest BCUT2D eigenvalue weighted by molar-refractivity contribution is 5.83. The van der Waals surface area contributed by atoms with E-state index in [4.69, 9.17) is 0 Å². The Kier molecular flexibility index (Phi) is 6.64. The predicted molar refractivity (Wildman–Crippen MR) is 99.0 cm³/mol. The van der Waals surface area contributed by atoms with Gasteiger partial charge in [-0.1, -0.05) is 31.4 Å². The van der Waals surface area contributed by atoms with Crippen LogP contribution in [-0.4, -0.2) is 36.3 Å². The first-order chi connectivity index (χ1) is 12.6. The smallest absolute Gasteiger partial charge is 0.224 e. The lowest BCUT2D eigenvalue weighted by Gasteiger charge is -2.32. The lowest BCUT2D eigenvalue weighted by atomic mass is 9.89. The van der Waals surface area contributed by atoms with E-state index < -0.39 is 0 Å². The quantitative estimate of drug-likeness (QED) is 0.846. The largest absolute Gasteiger partial charge is 0.356 e. The van der Waals surface area contributed by atoms with Crippen molar-refractivity contribution >= 4 is 11.8 Å². The molecule has 2 amide bonds. The van der Waals surface area contributed by atoms with Crippen molar-refractivity contribution in [2.24, 2.45) is 11.8 Å². The monoisotopic (exact) mass is 360 g/mol. The van der Waals surface area contributed by atoms with Gasteiger partial charge in [-0.2, -0.15) is 0 Å². The van der Waals surface area contributed by atoms with Crippen LogP contribution in [0.4, 0.5) is 4.39 Å². The fraction of sp³-hybridized carbons (Fsp3) is 0.619. The number of hydrogen-bond donors (Lipinski definition) is 1. The fourth-order valence-corrected chi connectivity index (χ4v) is 4.08. The zero-order chi connectivity index (χ0) is 18.4. The maximum Gasteiger partial charge on any atom is 0.224 e. The summed E-state index contributed by atoms with van der Waals surface area (Å²) in [7, 11) is 0. The molecule has 26 heavy (non-hydrogen) atoms. The van der Waals surface area contributed by atoms with Crippen LogP contribution in [0.15, 0.2) is 24.3 Å². The second-order valence-electron chi connectivity index (χ2n) is 7.70. The Hall–Kier alpha value is -1.91. The molecule has 2 aliphatic rings.